The molecule has 2 aromatic heterocycles. The van der Waals surface area contributed by atoms with E-state index in [0.717, 1.165) is 5.56 Å². The number of thiophene rings is 1. The van der Waals surface area contributed by atoms with E-state index in [0.29, 0.717) is 8.68 Å². The topological polar surface area (TPSA) is 59.1 Å². The highest BCUT2D eigenvalue weighted by molar-refractivity contribution is 9.10. The molecule has 18 heavy (non-hydrogen) atoms. The molecule has 2 aromatic rings. The quantitative estimate of drug-likeness (QED) is 0.925. The molecule has 0 saturated heterocycles. The summed E-state index contributed by atoms with van der Waals surface area (Å²) >= 11 is 4.41. The number of nitrogens with zero attached hydrogens (tertiary/aromatic N) is 1. The Balaban J connectivity index is 2.22. The van der Waals surface area contributed by atoms with Crippen molar-refractivity contribution in [2.45, 2.75) is 17.2 Å². The second-order valence-electron chi connectivity index (χ2n) is 3.69. The zero-order valence-electron chi connectivity index (χ0n) is 9.50. The summed E-state index contributed by atoms with van der Waals surface area (Å²) < 4.78 is 27.8. The summed E-state index contributed by atoms with van der Waals surface area (Å²) in [4.78, 5) is 3.97. The molecule has 2 heterocycles. The molecule has 96 valence electrons. The standard InChI is InChI=1S/C11H11BrN2O2S2/c1-8(9-3-2-5-13-7-9)14-18(15,16)11-10(12)4-6-17-11/h2-8,14H,1H3. The smallest absolute Gasteiger partial charge is 0.251 e. The lowest BCUT2D eigenvalue weighted by molar-refractivity contribution is 0.568. The molecule has 0 aromatic carbocycles. The van der Waals surface area contributed by atoms with E-state index in [4.69, 9.17) is 0 Å². The van der Waals surface area contributed by atoms with Crippen molar-refractivity contribution in [1.82, 2.24) is 9.71 Å². The van der Waals surface area contributed by atoms with Crippen molar-refractivity contribution >= 4 is 37.3 Å². The van der Waals surface area contributed by atoms with Crippen molar-refractivity contribution in [1.29, 1.82) is 0 Å². The highest BCUT2D eigenvalue weighted by atomic mass is 79.9. The van der Waals surface area contributed by atoms with E-state index in [-0.39, 0.29) is 6.04 Å². The largest absolute Gasteiger partial charge is 0.264 e. The molecule has 0 fully saturated rings. The van der Waals surface area contributed by atoms with E-state index in [1.807, 2.05) is 6.07 Å². The lowest BCUT2D eigenvalue weighted by Crippen LogP contribution is -2.26. The molecule has 0 amide bonds. The van der Waals surface area contributed by atoms with Crippen LogP contribution in [0.5, 0.6) is 0 Å². The van der Waals surface area contributed by atoms with Gasteiger partial charge in [0.15, 0.2) is 0 Å². The van der Waals surface area contributed by atoms with Gasteiger partial charge in [0.2, 0.25) is 0 Å². The van der Waals surface area contributed by atoms with Gasteiger partial charge in [-0.2, -0.15) is 0 Å². The van der Waals surface area contributed by atoms with Gasteiger partial charge in [-0.3, -0.25) is 4.98 Å². The first-order chi connectivity index (χ1) is 8.50. The summed E-state index contributed by atoms with van der Waals surface area (Å²) in [5.74, 6) is 0. The van der Waals surface area contributed by atoms with Crippen molar-refractivity contribution in [2.75, 3.05) is 0 Å². The molecule has 0 aliphatic carbocycles. The third-order valence-corrected chi connectivity index (χ3v) is 6.56. The Labute approximate surface area is 118 Å². The minimum absolute atomic E-state index is 0.290. The van der Waals surface area contributed by atoms with Crippen LogP contribution in [0.3, 0.4) is 0 Å². The summed E-state index contributed by atoms with van der Waals surface area (Å²) in [7, 11) is -3.50. The summed E-state index contributed by atoms with van der Waals surface area (Å²) in [5.41, 5.74) is 0.828. The molecule has 0 radical (unpaired) electrons. The van der Waals surface area contributed by atoms with E-state index >= 15 is 0 Å². The molecule has 1 unspecified atom stereocenters. The lowest BCUT2D eigenvalue weighted by Gasteiger charge is -2.13. The second kappa shape index (κ2) is 5.48. The second-order valence-corrected chi connectivity index (χ2v) is 7.37. The molecular weight excluding hydrogens is 336 g/mol. The van der Waals surface area contributed by atoms with Crippen molar-refractivity contribution < 1.29 is 8.42 Å². The van der Waals surface area contributed by atoms with Crippen molar-refractivity contribution in [2.24, 2.45) is 0 Å². The van der Waals surface area contributed by atoms with Crippen molar-refractivity contribution in [3.05, 3.63) is 46.0 Å². The van der Waals surface area contributed by atoms with Gasteiger partial charge >= 0.3 is 0 Å². The number of hydrogen-bond acceptors (Lipinski definition) is 4. The van der Waals surface area contributed by atoms with Crippen LogP contribution in [-0.4, -0.2) is 13.4 Å². The van der Waals surface area contributed by atoms with Gasteiger partial charge in [-0.15, -0.1) is 11.3 Å². The van der Waals surface area contributed by atoms with Gasteiger partial charge in [0, 0.05) is 22.9 Å². The lowest BCUT2D eigenvalue weighted by atomic mass is 10.2. The number of hydrogen-bond donors (Lipinski definition) is 1. The van der Waals surface area contributed by atoms with E-state index < -0.39 is 10.0 Å². The van der Waals surface area contributed by atoms with Gasteiger partial charge in [0.05, 0.1) is 0 Å². The number of sulfonamides is 1. The Morgan fingerprint density at radius 1 is 1.44 bits per heavy atom. The molecule has 7 heteroatoms. The minimum atomic E-state index is -3.50. The molecular formula is C11H11BrN2O2S2. The predicted octanol–water partition coefficient (Wildman–Crippen LogP) is 2.95. The van der Waals surface area contributed by atoms with Crippen LogP contribution in [0.4, 0.5) is 0 Å². The molecule has 0 aliphatic rings. The number of rotatable bonds is 4. The van der Waals surface area contributed by atoms with Gasteiger partial charge in [0.25, 0.3) is 10.0 Å². The SMILES string of the molecule is CC(NS(=O)(=O)c1sccc1Br)c1cccnc1. The number of nitrogens with one attached hydrogen (secondary N) is 1. The van der Waals surface area contributed by atoms with Gasteiger partial charge in [-0.1, -0.05) is 6.07 Å². The number of pyridine rings is 1. The van der Waals surface area contributed by atoms with Crippen LogP contribution in [0, 0.1) is 0 Å². The monoisotopic (exact) mass is 346 g/mol. The molecule has 0 spiro atoms. The summed E-state index contributed by atoms with van der Waals surface area (Å²) in [6.45, 7) is 1.79. The molecule has 1 N–H and O–H groups in total. The van der Waals surface area contributed by atoms with Crippen LogP contribution < -0.4 is 4.72 Å². The maximum atomic E-state index is 12.1. The van der Waals surface area contributed by atoms with Gasteiger partial charge in [-0.25, -0.2) is 13.1 Å². The molecule has 0 aliphatic heterocycles. The molecule has 4 nitrogen and oxygen atoms in total. The molecule has 0 saturated carbocycles. The minimum Gasteiger partial charge on any atom is -0.264 e. The van der Waals surface area contributed by atoms with Crippen LogP contribution in [0.2, 0.25) is 0 Å². The Morgan fingerprint density at radius 2 is 2.22 bits per heavy atom. The summed E-state index contributed by atoms with van der Waals surface area (Å²) in [5, 5.41) is 1.73. The highest BCUT2D eigenvalue weighted by Gasteiger charge is 2.22. The van der Waals surface area contributed by atoms with Gasteiger partial charge in [0.1, 0.15) is 4.21 Å². The Kier molecular flexibility index (Phi) is 4.16. The van der Waals surface area contributed by atoms with Crippen LogP contribution in [0.15, 0.2) is 44.7 Å². The van der Waals surface area contributed by atoms with E-state index in [1.54, 1.807) is 36.8 Å². The van der Waals surface area contributed by atoms with Gasteiger partial charge < -0.3 is 0 Å². The van der Waals surface area contributed by atoms with E-state index in [9.17, 15) is 8.42 Å². The predicted molar refractivity (Wildman–Crippen MR) is 75.0 cm³/mol. The van der Waals surface area contributed by atoms with Crippen LogP contribution in [-0.2, 0) is 10.0 Å². The Hall–Kier alpha value is -0.760. The fourth-order valence-corrected chi connectivity index (χ4v) is 5.04. The number of aromatic nitrogens is 1. The average molecular weight is 347 g/mol. The zero-order valence-corrected chi connectivity index (χ0v) is 12.7. The normalized spacial score (nSPS) is 13.4. The van der Waals surface area contributed by atoms with Crippen molar-refractivity contribution in [3.8, 4) is 0 Å². The van der Waals surface area contributed by atoms with Crippen LogP contribution in [0.25, 0.3) is 0 Å². The highest BCUT2D eigenvalue weighted by Crippen LogP contribution is 2.28. The first-order valence-corrected chi connectivity index (χ1v) is 8.31. The first kappa shape index (κ1) is 13.7. The van der Waals surface area contributed by atoms with Crippen LogP contribution in [0.1, 0.15) is 18.5 Å². The maximum absolute atomic E-state index is 12.1. The summed E-state index contributed by atoms with van der Waals surface area (Å²) in [6, 6.07) is 5.01. The zero-order chi connectivity index (χ0) is 13.2. The van der Waals surface area contributed by atoms with Crippen molar-refractivity contribution in [3.63, 3.8) is 0 Å². The fraction of sp³-hybridized carbons (Fsp3) is 0.182. The average Bonchev–Trinajstić information content (AvgIpc) is 2.77. The molecule has 2 rings (SSSR count). The van der Waals surface area contributed by atoms with E-state index in [2.05, 4.69) is 25.6 Å². The molecule has 1 atom stereocenters. The third kappa shape index (κ3) is 2.97. The Morgan fingerprint density at radius 3 is 2.78 bits per heavy atom. The van der Waals surface area contributed by atoms with E-state index in [1.165, 1.54) is 11.3 Å². The number of halogens is 1. The fourth-order valence-electron chi connectivity index (χ4n) is 1.46. The first-order valence-electron chi connectivity index (χ1n) is 5.16. The summed E-state index contributed by atoms with van der Waals surface area (Å²) in [6.07, 6.45) is 3.30. The Bertz CT molecular complexity index is 626. The van der Waals surface area contributed by atoms with Gasteiger partial charge in [-0.05, 0) is 45.9 Å². The maximum Gasteiger partial charge on any atom is 0.251 e. The molecule has 0 bridgehead atoms. The van der Waals surface area contributed by atoms with Crippen LogP contribution >= 0.6 is 27.3 Å². The third-order valence-electron chi connectivity index (χ3n) is 2.34.